The summed E-state index contributed by atoms with van der Waals surface area (Å²) in [5.74, 6) is -0.793. The van der Waals surface area contributed by atoms with Gasteiger partial charge in [-0.3, -0.25) is 14.6 Å². The number of amides is 2. The van der Waals surface area contributed by atoms with Crippen LogP contribution in [0.2, 0.25) is 0 Å². The summed E-state index contributed by atoms with van der Waals surface area (Å²) in [7, 11) is 0. The smallest absolute Gasteiger partial charge is 0.265 e. The van der Waals surface area contributed by atoms with Crippen LogP contribution < -0.4 is 16.8 Å². The van der Waals surface area contributed by atoms with Crippen LogP contribution >= 0.6 is 0 Å². The summed E-state index contributed by atoms with van der Waals surface area (Å²) in [4.78, 5) is 31.0. The Hall–Kier alpha value is -3.19. The van der Waals surface area contributed by atoms with Gasteiger partial charge in [-0.05, 0) is 35.7 Å². The Bertz CT molecular complexity index is 948. The average molecular weight is 350 g/mol. The number of pyridine rings is 1. The molecule has 0 saturated carbocycles. The van der Waals surface area contributed by atoms with Gasteiger partial charge in [-0.1, -0.05) is 18.2 Å². The van der Waals surface area contributed by atoms with E-state index in [9.17, 15) is 9.59 Å². The minimum absolute atomic E-state index is 0.245. The maximum Gasteiger partial charge on any atom is 0.265 e. The van der Waals surface area contributed by atoms with Crippen LogP contribution in [0.4, 0.5) is 0 Å². The summed E-state index contributed by atoms with van der Waals surface area (Å²) >= 11 is 0. The van der Waals surface area contributed by atoms with Crippen molar-refractivity contribution in [2.45, 2.75) is 19.5 Å². The first-order chi connectivity index (χ1) is 12.6. The van der Waals surface area contributed by atoms with Crippen LogP contribution in [-0.2, 0) is 24.3 Å². The maximum atomic E-state index is 12.1. The molecule has 2 heterocycles. The van der Waals surface area contributed by atoms with E-state index in [2.05, 4.69) is 15.3 Å². The molecule has 0 aliphatic heterocycles. The molecule has 0 aliphatic carbocycles. The third kappa shape index (κ3) is 3.89. The molecule has 2 amide bonds. The number of primary amides is 1. The normalized spacial score (nSPS) is 10.8. The molecule has 6 N–H and O–H groups in total. The highest BCUT2D eigenvalue weighted by Crippen LogP contribution is 2.23. The quantitative estimate of drug-likeness (QED) is 0.510. The van der Waals surface area contributed by atoms with Crippen molar-refractivity contribution in [1.82, 2.24) is 15.3 Å². The number of hydrogen-bond acceptors (Lipinski definition) is 4. The topological polar surface area (TPSA) is 127 Å². The van der Waals surface area contributed by atoms with Gasteiger partial charge in [-0.2, -0.15) is 0 Å². The minimum atomic E-state index is -0.548. The molecule has 7 heteroatoms. The summed E-state index contributed by atoms with van der Waals surface area (Å²) in [5, 5.41) is 3.66. The number of carbonyl (C=O) groups excluding carboxylic acids is 2. The fraction of sp³-hybridized carbons (Fsp3) is 0.158. The van der Waals surface area contributed by atoms with Crippen molar-refractivity contribution in [3.63, 3.8) is 0 Å². The lowest BCUT2D eigenvalue weighted by atomic mass is 10.0. The molecule has 1 radical (unpaired) electrons. The van der Waals surface area contributed by atoms with Gasteiger partial charge in [0.05, 0.1) is 18.7 Å². The maximum absolute atomic E-state index is 12.1. The molecule has 0 saturated heterocycles. The molecule has 0 spiro atoms. The molecule has 1 aromatic carbocycles. The van der Waals surface area contributed by atoms with Crippen molar-refractivity contribution in [2.24, 2.45) is 11.5 Å². The van der Waals surface area contributed by atoms with Gasteiger partial charge in [0.1, 0.15) is 5.69 Å². The Kier molecular flexibility index (Phi) is 5.28. The fourth-order valence-corrected chi connectivity index (χ4v) is 2.82. The predicted octanol–water partition coefficient (Wildman–Crippen LogP) is 1.18. The molecule has 0 aliphatic rings. The highest BCUT2D eigenvalue weighted by Gasteiger charge is 2.16. The molecule has 0 bridgehead atoms. The molecule has 0 unspecified atom stereocenters. The highest BCUT2D eigenvalue weighted by atomic mass is 16.2. The monoisotopic (exact) mass is 350 g/mol. The van der Waals surface area contributed by atoms with Crippen molar-refractivity contribution in [1.29, 1.82) is 0 Å². The molecule has 133 valence electrons. The lowest BCUT2D eigenvalue weighted by molar-refractivity contribution is -0.118. The highest BCUT2D eigenvalue weighted by molar-refractivity contribution is 6.00. The molecule has 2 aromatic heterocycles. The fourth-order valence-electron chi connectivity index (χ4n) is 2.82. The number of para-hydroxylation sites is 1. The van der Waals surface area contributed by atoms with Crippen LogP contribution in [0.3, 0.4) is 0 Å². The number of benzene rings is 1. The number of nitrogens with one attached hydrogen (secondary N) is 2. The zero-order valence-corrected chi connectivity index (χ0v) is 14.2. The van der Waals surface area contributed by atoms with Gasteiger partial charge in [0.15, 0.2) is 0 Å². The van der Waals surface area contributed by atoms with E-state index in [0.29, 0.717) is 30.8 Å². The van der Waals surface area contributed by atoms with Gasteiger partial charge < -0.3 is 21.8 Å². The Morgan fingerprint density at radius 1 is 1.23 bits per heavy atom. The zero-order chi connectivity index (χ0) is 18.5. The van der Waals surface area contributed by atoms with Crippen LogP contribution in [-0.4, -0.2) is 21.8 Å². The van der Waals surface area contributed by atoms with E-state index in [-0.39, 0.29) is 5.91 Å². The molecule has 3 aromatic rings. The summed E-state index contributed by atoms with van der Waals surface area (Å²) in [6.45, 7) is 0.728. The Balaban J connectivity index is 1.65. The van der Waals surface area contributed by atoms with E-state index in [1.165, 1.54) is 6.42 Å². The third-order valence-corrected chi connectivity index (χ3v) is 4.11. The second-order valence-electron chi connectivity index (χ2n) is 5.87. The first-order valence-electron chi connectivity index (χ1n) is 8.22. The zero-order valence-electron chi connectivity index (χ0n) is 14.2. The molecule has 7 nitrogen and oxygen atoms in total. The van der Waals surface area contributed by atoms with Crippen LogP contribution in [0.5, 0.6) is 0 Å². The van der Waals surface area contributed by atoms with E-state index in [4.69, 9.17) is 11.5 Å². The first kappa shape index (κ1) is 17.6. The van der Waals surface area contributed by atoms with E-state index in [1.54, 1.807) is 6.20 Å². The van der Waals surface area contributed by atoms with Crippen molar-refractivity contribution in [3.8, 4) is 0 Å². The van der Waals surface area contributed by atoms with Gasteiger partial charge in [0, 0.05) is 23.6 Å². The van der Waals surface area contributed by atoms with Crippen molar-refractivity contribution >= 4 is 22.7 Å². The molecule has 0 atom stereocenters. The number of nitrogens with two attached hydrogens (primary N) is 2. The van der Waals surface area contributed by atoms with Gasteiger partial charge in [-0.25, -0.2) is 0 Å². The molecule has 0 fully saturated rings. The van der Waals surface area contributed by atoms with E-state index < -0.39 is 5.91 Å². The number of H-pyrrole nitrogens is 1. The van der Waals surface area contributed by atoms with Crippen LogP contribution in [0.25, 0.3) is 10.9 Å². The minimum Gasteiger partial charge on any atom is -0.364 e. The molecular formula is C19H20N5O2. The number of hydrogen-bond donors (Lipinski definition) is 4. The van der Waals surface area contributed by atoms with Gasteiger partial charge in [0.25, 0.3) is 5.91 Å². The summed E-state index contributed by atoms with van der Waals surface area (Å²) < 4.78 is 0. The third-order valence-electron chi connectivity index (χ3n) is 4.11. The van der Waals surface area contributed by atoms with E-state index in [1.807, 2.05) is 36.4 Å². The Morgan fingerprint density at radius 2 is 2.04 bits per heavy atom. The van der Waals surface area contributed by atoms with Gasteiger partial charge in [-0.15, -0.1) is 0 Å². The van der Waals surface area contributed by atoms with E-state index >= 15 is 0 Å². The number of nitrogens with zero attached hydrogens (tertiary/aromatic N) is 1. The van der Waals surface area contributed by atoms with Crippen LogP contribution in [0, 0.1) is 6.42 Å². The number of aromatic amines is 1. The number of aromatic nitrogens is 2. The van der Waals surface area contributed by atoms with E-state index in [0.717, 1.165) is 22.2 Å². The van der Waals surface area contributed by atoms with Gasteiger partial charge >= 0.3 is 0 Å². The van der Waals surface area contributed by atoms with Gasteiger partial charge in [0.2, 0.25) is 5.91 Å². The average Bonchev–Trinajstić information content (AvgIpc) is 3.04. The molecule has 3 rings (SSSR count). The van der Waals surface area contributed by atoms with Crippen molar-refractivity contribution < 1.29 is 9.59 Å². The van der Waals surface area contributed by atoms with Crippen LogP contribution in [0.1, 0.15) is 27.3 Å². The Morgan fingerprint density at radius 3 is 2.81 bits per heavy atom. The lowest BCUT2D eigenvalue weighted by Gasteiger charge is -2.06. The molecular weight excluding hydrogens is 330 g/mol. The molecule has 26 heavy (non-hydrogen) atoms. The summed E-state index contributed by atoms with van der Waals surface area (Å²) in [6.07, 6.45) is 3.46. The second kappa shape index (κ2) is 7.79. The first-order valence-corrected chi connectivity index (χ1v) is 8.22. The Labute approximate surface area is 150 Å². The predicted molar refractivity (Wildman–Crippen MR) is 98.8 cm³/mol. The van der Waals surface area contributed by atoms with Crippen molar-refractivity contribution in [3.05, 3.63) is 71.5 Å². The largest absolute Gasteiger partial charge is 0.364 e. The SMILES string of the molecule is NCc1ccnc(CNC(=O)[CH]Cc2c(C(N)=O)[nH]c3ccccc23)c1. The van der Waals surface area contributed by atoms with Crippen LogP contribution in [0.15, 0.2) is 42.6 Å². The lowest BCUT2D eigenvalue weighted by Crippen LogP contribution is -2.24. The number of fused-ring (bicyclic) bond motifs is 1. The second-order valence-corrected chi connectivity index (χ2v) is 5.87. The summed E-state index contributed by atoms with van der Waals surface area (Å²) in [5.41, 5.74) is 14.6. The van der Waals surface area contributed by atoms with Crippen molar-refractivity contribution in [2.75, 3.05) is 0 Å². The standard InChI is InChI=1S/C19H20N5O2/c20-10-12-7-8-22-13(9-12)11-23-17(25)6-5-15-14-3-1-2-4-16(14)24-18(15)19(21)26/h1-4,6-9,24H,5,10-11,20H2,(H2,21,26)(H,23,25). The number of carbonyl (C=O) groups is 2. The number of rotatable bonds is 7. The summed E-state index contributed by atoms with van der Waals surface area (Å²) in [6, 6.07) is 11.2.